The number of amides is 1. The molecule has 0 radical (unpaired) electrons. The van der Waals surface area contributed by atoms with Crippen molar-refractivity contribution in [2.24, 2.45) is 0 Å². The van der Waals surface area contributed by atoms with Crippen LogP contribution in [0.4, 0.5) is 4.79 Å². The number of rotatable bonds is 3. The van der Waals surface area contributed by atoms with E-state index in [4.69, 9.17) is 15.9 Å². The summed E-state index contributed by atoms with van der Waals surface area (Å²) in [5.41, 5.74) is -0.490. The summed E-state index contributed by atoms with van der Waals surface area (Å²) in [7, 11) is 0. The zero-order valence-corrected chi connectivity index (χ0v) is 8.22. The highest BCUT2D eigenvalue weighted by molar-refractivity contribution is 5.67. The molecule has 4 nitrogen and oxygen atoms in total. The Hall–Kier alpha value is -1.21. The third-order valence-electron chi connectivity index (χ3n) is 0.903. The van der Waals surface area contributed by atoms with Gasteiger partial charge in [-0.3, -0.25) is 5.32 Å². The largest absolute Gasteiger partial charge is 0.444 e. The smallest absolute Gasteiger partial charge is 0.409 e. The fourth-order valence-corrected chi connectivity index (χ4v) is 0.534. The van der Waals surface area contributed by atoms with Gasteiger partial charge in [-0.15, -0.1) is 6.42 Å². The lowest BCUT2D eigenvalue weighted by atomic mass is 10.2. The van der Waals surface area contributed by atoms with Crippen LogP contribution in [0.1, 0.15) is 20.8 Å². The molecule has 1 N–H and O–H groups in total. The van der Waals surface area contributed by atoms with E-state index in [2.05, 4.69) is 11.2 Å². The molecule has 0 bridgehead atoms. The standard InChI is InChI=1S/C9H15NO3/c1-5-6-12-7-10-8(11)13-9(2,3)4/h1H,6-7H2,2-4H3,(H,10,11). The summed E-state index contributed by atoms with van der Waals surface area (Å²) in [5.74, 6) is 2.28. The number of hydrogen-bond donors (Lipinski definition) is 1. The molecule has 0 aliphatic rings. The summed E-state index contributed by atoms with van der Waals surface area (Å²) < 4.78 is 9.76. The highest BCUT2D eigenvalue weighted by Crippen LogP contribution is 2.05. The van der Waals surface area contributed by atoms with E-state index in [0.717, 1.165) is 0 Å². The number of ether oxygens (including phenoxy) is 2. The van der Waals surface area contributed by atoms with Crippen LogP contribution in [0.5, 0.6) is 0 Å². The van der Waals surface area contributed by atoms with Crippen molar-refractivity contribution in [1.29, 1.82) is 0 Å². The van der Waals surface area contributed by atoms with Crippen molar-refractivity contribution < 1.29 is 14.3 Å². The van der Waals surface area contributed by atoms with E-state index in [-0.39, 0.29) is 13.3 Å². The molecule has 0 aromatic rings. The van der Waals surface area contributed by atoms with Crippen LogP contribution < -0.4 is 5.32 Å². The first kappa shape index (κ1) is 11.8. The van der Waals surface area contributed by atoms with Gasteiger partial charge in [-0.25, -0.2) is 4.79 Å². The summed E-state index contributed by atoms with van der Waals surface area (Å²) in [5, 5.41) is 2.40. The summed E-state index contributed by atoms with van der Waals surface area (Å²) >= 11 is 0. The lowest BCUT2D eigenvalue weighted by Crippen LogP contribution is -2.33. The Bertz CT molecular complexity index is 200. The number of nitrogens with one attached hydrogen (secondary N) is 1. The molecule has 0 aromatic heterocycles. The molecule has 0 spiro atoms. The van der Waals surface area contributed by atoms with Gasteiger partial charge in [-0.05, 0) is 20.8 Å². The minimum absolute atomic E-state index is 0.0686. The zero-order valence-electron chi connectivity index (χ0n) is 8.22. The fraction of sp³-hybridized carbons (Fsp3) is 0.667. The molecule has 0 saturated carbocycles. The van der Waals surface area contributed by atoms with Crippen molar-refractivity contribution in [3.8, 4) is 12.3 Å². The Balaban J connectivity index is 3.48. The van der Waals surface area contributed by atoms with Crippen molar-refractivity contribution in [2.75, 3.05) is 13.3 Å². The molecule has 0 heterocycles. The monoisotopic (exact) mass is 185 g/mol. The molecule has 1 amide bonds. The Morgan fingerprint density at radius 1 is 1.54 bits per heavy atom. The van der Waals surface area contributed by atoms with E-state index in [9.17, 15) is 4.79 Å². The highest BCUT2D eigenvalue weighted by Gasteiger charge is 2.15. The maximum atomic E-state index is 11.0. The number of alkyl carbamates (subject to hydrolysis) is 1. The quantitative estimate of drug-likeness (QED) is 0.407. The van der Waals surface area contributed by atoms with Gasteiger partial charge in [-0.1, -0.05) is 5.92 Å². The molecule has 0 unspecified atom stereocenters. The van der Waals surface area contributed by atoms with Crippen LogP contribution in [0.2, 0.25) is 0 Å². The van der Waals surface area contributed by atoms with Gasteiger partial charge < -0.3 is 9.47 Å². The van der Waals surface area contributed by atoms with Crippen molar-refractivity contribution in [3.63, 3.8) is 0 Å². The molecule has 0 atom stereocenters. The number of hydrogen-bond acceptors (Lipinski definition) is 3. The van der Waals surface area contributed by atoms with Gasteiger partial charge in [0.15, 0.2) is 0 Å². The van der Waals surface area contributed by atoms with Crippen LogP contribution in [0.25, 0.3) is 0 Å². The van der Waals surface area contributed by atoms with Crippen LogP contribution in [0.3, 0.4) is 0 Å². The average molecular weight is 185 g/mol. The second-order valence-corrected chi connectivity index (χ2v) is 3.38. The molecule has 0 aromatic carbocycles. The molecule has 0 saturated heterocycles. The van der Waals surface area contributed by atoms with Crippen molar-refractivity contribution in [2.45, 2.75) is 26.4 Å². The van der Waals surface area contributed by atoms with Crippen molar-refractivity contribution >= 4 is 6.09 Å². The predicted octanol–water partition coefficient (Wildman–Crippen LogP) is 1.12. The lowest BCUT2D eigenvalue weighted by Gasteiger charge is -2.19. The van der Waals surface area contributed by atoms with E-state index in [1.807, 2.05) is 0 Å². The van der Waals surface area contributed by atoms with E-state index in [1.165, 1.54) is 0 Å². The third-order valence-corrected chi connectivity index (χ3v) is 0.903. The molecule has 13 heavy (non-hydrogen) atoms. The second kappa shape index (κ2) is 5.44. The first-order valence-electron chi connectivity index (χ1n) is 3.94. The maximum Gasteiger partial charge on any atom is 0.409 e. The van der Waals surface area contributed by atoms with E-state index in [0.29, 0.717) is 0 Å². The van der Waals surface area contributed by atoms with Crippen LogP contribution in [-0.2, 0) is 9.47 Å². The van der Waals surface area contributed by atoms with Crippen LogP contribution >= 0.6 is 0 Å². The van der Waals surface area contributed by atoms with E-state index >= 15 is 0 Å². The Kier molecular flexibility index (Phi) is 4.93. The average Bonchev–Trinajstić information content (AvgIpc) is 1.94. The minimum Gasteiger partial charge on any atom is -0.444 e. The summed E-state index contributed by atoms with van der Waals surface area (Å²) in [6, 6.07) is 0. The first-order valence-corrected chi connectivity index (χ1v) is 3.94. The van der Waals surface area contributed by atoms with Crippen molar-refractivity contribution in [3.05, 3.63) is 0 Å². The number of carbonyl (C=O) groups is 1. The molecular formula is C9H15NO3. The Morgan fingerprint density at radius 3 is 2.62 bits per heavy atom. The van der Waals surface area contributed by atoms with Crippen LogP contribution in [-0.4, -0.2) is 25.0 Å². The summed E-state index contributed by atoms with van der Waals surface area (Å²) in [6.07, 6.45) is 4.42. The molecule has 0 rings (SSSR count). The van der Waals surface area contributed by atoms with Crippen molar-refractivity contribution in [1.82, 2.24) is 5.32 Å². The van der Waals surface area contributed by atoms with Crippen LogP contribution in [0, 0.1) is 12.3 Å². The normalized spacial score (nSPS) is 10.3. The molecule has 74 valence electrons. The maximum absolute atomic E-state index is 11.0. The second-order valence-electron chi connectivity index (χ2n) is 3.38. The van der Waals surface area contributed by atoms with Gasteiger partial charge in [0.2, 0.25) is 0 Å². The molecule has 0 fully saturated rings. The number of terminal acetylenes is 1. The van der Waals surface area contributed by atoms with Gasteiger partial charge in [0.25, 0.3) is 0 Å². The zero-order chi connectivity index (χ0) is 10.3. The molecular weight excluding hydrogens is 170 g/mol. The van der Waals surface area contributed by atoms with E-state index < -0.39 is 11.7 Å². The first-order chi connectivity index (χ1) is 5.95. The fourth-order valence-electron chi connectivity index (χ4n) is 0.534. The van der Waals surface area contributed by atoms with Gasteiger partial charge in [0, 0.05) is 0 Å². The summed E-state index contributed by atoms with van der Waals surface area (Å²) in [6.45, 7) is 5.60. The topological polar surface area (TPSA) is 47.6 Å². The SMILES string of the molecule is C#CCOCNC(=O)OC(C)(C)C. The Morgan fingerprint density at radius 2 is 2.15 bits per heavy atom. The van der Waals surface area contributed by atoms with E-state index in [1.54, 1.807) is 20.8 Å². The minimum atomic E-state index is -0.510. The molecule has 4 heteroatoms. The molecule has 0 aliphatic heterocycles. The van der Waals surface area contributed by atoms with Gasteiger partial charge in [0.1, 0.15) is 18.9 Å². The molecule has 0 aliphatic carbocycles. The van der Waals surface area contributed by atoms with Crippen LogP contribution in [0.15, 0.2) is 0 Å². The van der Waals surface area contributed by atoms with Gasteiger partial charge in [0.05, 0.1) is 0 Å². The highest BCUT2D eigenvalue weighted by atomic mass is 16.6. The lowest BCUT2D eigenvalue weighted by molar-refractivity contribution is 0.0422. The predicted molar refractivity (Wildman–Crippen MR) is 49.0 cm³/mol. The third kappa shape index (κ3) is 8.70. The Labute approximate surface area is 78.6 Å². The van der Waals surface area contributed by atoms with Gasteiger partial charge >= 0.3 is 6.09 Å². The summed E-state index contributed by atoms with van der Waals surface area (Å²) in [4.78, 5) is 11.0. The van der Waals surface area contributed by atoms with Gasteiger partial charge in [-0.2, -0.15) is 0 Å². The number of carbonyl (C=O) groups excluding carboxylic acids is 1.